The Morgan fingerprint density at radius 2 is 1.91 bits per heavy atom. The Balaban J connectivity index is 1.45. The Kier molecular flexibility index (Phi) is 5.04. The van der Waals surface area contributed by atoms with Gasteiger partial charge in [0.1, 0.15) is 11.6 Å². The van der Waals surface area contributed by atoms with Crippen LogP contribution in [0.25, 0.3) is 44.3 Å². The zero-order valence-electron chi connectivity index (χ0n) is 18.1. The van der Waals surface area contributed by atoms with Crippen LogP contribution in [0.3, 0.4) is 0 Å². The molecule has 0 saturated carbocycles. The number of nitrogens with zero attached hydrogens (tertiary/aromatic N) is 4. The van der Waals surface area contributed by atoms with Crippen LogP contribution in [-0.2, 0) is 0 Å². The van der Waals surface area contributed by atoms with Crippen molar-refractivity contribution in [2.75, 3.05) is 36.8 Å². The van der Waals surface area contributed by atoms with Crippen LogP contribution in [0.1, 0.15) is 0 Å². The molecule has 1 fully saturated rings. The molecule has 4 heterocycles. The van der Waals surface area contributed by atoms with Gasteiger partial charge in [0.25, 0.3) is 5.56 Å². The number of benzene rings is 2. The first-order valence-electron chi connectivity index (χ1n) is 11.0. The number of H-pyrrole nitrogens is 2. The maximum atomic E-state index is 13.2. The second-order valence-electron chi connectivity index (χ2n) is 8.24. The molecule has 34 heavy (non-hydrogen) atoms. The normalized spacial score (nSPS) is 14.2. The number of fused-ring (bicyclic) bond motifs is 2. The highest BCUT2D eigenvalue weighted by molar-refractivity contribution is 9.10. The van der Waals surface area contributed by atoms with Crippen molar-refractivity contribution in [1.29, 1.82) is 0 Å². The van der Waals surface area contributed by atoms with Gasteiger partial charge in [-0.25, -0.2) is 9.97 Å². The second-order valence-corrected chi connectivity index (χ2v) is 9.09. The monoisotopic (exact) mass is 516 g/mol. The third kappa shape index (κ3) is 3.42. The minimum Gasteiger partial charge on any atom is -0.398 e. The van der Waals surface area contributed by atoms with Crippen molar-refractivity contribution >= 4 is 49.2 Å². The third-order valence-electron chi connectivity index (χ3n) is 6.21. The van der Waals surface area contributed by atoms with Gasteiger partial charge in [-0.05, 0) is 45.8 Å². The van der Waals surface area contributed by atoms with Gasteiger partial charge in [-0.2, -0.15) is 5.10 Å². The molecule has 5 N–H and O–H groups in total. The number of hydrogen-bond acceptors (Lipinski definition) is 7. The average molecular weight is 517 g/mol. The van der Waals surface area contributed by atoms with Crippen LogP contribution in [0.2, 0.25) is 0 Å². The first kappa shape index (κ1) is 20.8. The SMILES string of the molecule is Nc1c(-c2cccc3[nH]ncc23)cc(Br)c2nc(-c3ccc(N4CCNCC4)nc3)[nH]c(=O)c12. The molecule has 0 spiro atoms. The molecule has 9 nitrogen and oxygen atoms in total. The fourth-order valence-corrected chi connectivity index (χ4v) is 4.99. The van der Waals surface area contributed by atoms with Crippen LogP contribution >= 0.6 is 15.9 Å². The molecule has 6 rings (SSSR count). The Morgan fingerprint density at radius 1 is 1.06 bits per heavy atom. The molecule has 0 aliphatic carbocycles. The minimum absolute atomic E-state index is 0.300. The van der Waals surface area contributed by atoms with Gasteiger partial charge in [0.05, 0.1) is 28.3 Å². The summed E-state index contributed by atoms with van der Waals surface area (Å²) in [6, 6.07) is 11.6. The van der Waals surface area contributed by atoms with Crippen molar-refractivity contribution in [3.63, 3.8) is 0 Å². The number of halogens is 1. The number of nitrogens with two attached hydrogens (primary N) is 1. The van der Waals surface area contributed by atoms with E-state index >= 15 is 0 Å². The van der Waals surface area contributed by atoms with E-state index in [1.165, 1.54) is 0 Å². The lowest BCUT2D eigenvalue weighted by atomic mass is 9.98. The lowest BCUT2D eigenvalue weighted by Gasteiger charge is -2.28. The van der Waals surface area contributed by atoms with Gasteiger partial charge < -0.3 is 20.9 Å². The molecule has 1 saturated heterocycles. The van der Waals surface area contributed by atoms with E-state index in [2.05, 4.69) is 46.3 Å². The van der Waals surface area contributed by atoms with Crippen molar-refractivity contribution in [1.82, 2.24) is 30.5 Å². The molecule has 0 bridgehead atoms. The minimum atomic E-state index is -0.300. The third-order valence-corrected chi connectivity index (χ3v) is 6.82. The van der Waals surface area contributed by atoms with Gasteiger partial charge in [-0.1, -0.05) is 12.1 Å². The lowest BCUT2D eigenvalue weighted by Crippen LogP contribution is -2.43. The molecule has 10 heteroatoms. The lowest BCUT2D eigenvalue weighted by molar-refractivity contribution is 0.585. The van der Waals surface area contributed by atoms with Crippen molar-refractivity contribution in [2.24, 2.45) is 0 Å². The zero-order chi connectivity index (χ0) is 23.2. The molecule has 0 radical (unpaired) electrons. The summed E-state index contributed by atoms with van der Waals surface area (Å²) < 4.78 is 0.685. The van der Waals surface area contributed by atoms with Gasteiger partial charge in [-0.15, -0.1) is 0 Å². The average Bonchev–Trinajstić information content (AvgIpc) is 3.36. The highest BCUT2D eigenvalue weighted by Crippen LogP contribution is 2.38. The molecule has 0 amide bonds. The first-order chi connectivity index (χ1) is 16.6. The Labute approximate surface area is 202 Å². The fraction of sp³-hybridized carbons (Fsp3) is 0.167. The number of nitrogens with one attached hydrogen (secondary N) is 3. The van der Waals surface area contributed by atoms with Crippen molar-refractivity contribution in [2.45, 2.75) is 0 Å². The maximum Gasteiger partial charge on any atom is 0.261 e. The van der Waals surface area contributed by atoms with E-state index in [1.54, 1.807) is 12.4 Å². The molecule has 3 aromatic heterocycles. The Morgan fingerprint density at radius 3 is 2.71 bits per heavy atom. The van der Waals surface area contributed by atoms with Gasteiger partial charge >= 0.3 is 0 Å². The van der Waals surface area contributed by atoms with E-state index in [-0.39, 0.29) is 5.56 Å². The van der Waals surface area contributed by atoms with Gasteiger partial charge in [0.15, 0.2) is 0 Å². The number of anilines is 2. The quantitative estimate of drug-likeness (QED) is 0.271. The van der Waals surface area contributed by atoms with E-state index < -0.39 is 0 Å². The maximum absolute atomic E-state index is 13.2. The fourth-order valence-electron chi connectivity index (χ4n) is 4.47. The molecular formula is C24H21BrN8O. The number of aromatic amines is 2. The van der Waals surface area contributed by atoms with Gasteiger partial charge in [0.2, 0.25) is 0 Å². The number of aromatic nitrogens is 5. The van der Waals surface area contributed by atoms with Gasteiger partial charge in [-0.3, -0.25) is 9.89 Å². The Hall–Kier alpha value is -3.76. The van der Waals surface area contributed by atoms with E-state index in [9.17, 15) is 4.79 Å². The predicted octanol–water partition coefficient (Wildman–Crippen LogP) is 3.28. The molecule has 5 aromatic rings. The highest BCUT2D eigenvalue weighted by atomic mass is 79.9. The van der Waals surface area contributed by atoms with Crippen molar-refractivity contribution in [3.05, 3.63) is 63.6 Å². The highest BCUT2D eigenvalue weighted by Gasteiger charge is 2.18. The summed E-state index contributed by atoms with van der Waals surface area (Å²) in [7, 11) is 0. The summed E-state index contributed by atoms with van der Waals surface area (Å²) in [4.78, 5) is 27.7. The van der Waals surface area contributed by atoms with Crippen LogP contribution in [0.5, 0.6) is 0 Å². The summed E-state index contributed by atoms with van der Waals surface area (Å²) in [5.74, 6) is 1.36. The van der Waals surface area contributed by atoms with Crippen molar-refractivity contribution in [3.8, 4) is 22.5 Å². The first-order valence-corrected chi connectivity index (χ1v) is 11.8. The molecule has 1 aliphatic rings. The zero-order valence-corrected chi connectivity index (χ0v) is 19.7. The van der Waals surface area contributed by atoms with Crippen LogP contribution in [0.15, 0.2) is 58.1 Å². The van der Waals surface area contributed by atoms with Crippen molar-refractivity contribution < 1.29 is 0 Å². The largest absolute Gasteiger partial charge is 0.398 e. The van der Waals surface area contributed by atoms with Gasteiger partial charge in [0, 0.05) is 53.4 Å². The van der Waals surface area contributed by atoms with Crippen LogP contribution in [0.4, 0.5) is 11.5 Å². The van der Waals surface area contributed by atoms with E-state index in [4.69, 9.17) is 10.7 Å². The summed E-state index contributed by atoms with van der Waals surface area (Å²) in [5, 5.41) is 11.7. The Bertz CT molecular complexity index is 1590. The number of hydrogen-bond donors (Lipinski definition) is 4. The predicted molar refractivity (Wildman–Crippen MR) is 138 cm³/mol. The summed E-state index contributed by atoms with van der Waals surface area (Å²) in [6.07, 6.45) is 3.50. The number of nitrogen functional groups attached to an aromatic ring is 1. The van der Waals surface area contributed by atoms with E-state index in [0.29, 0.717) is 26.9 Å². The second kappa shape index (κ2) is 8.23. The molecule has 1 aliphatic heterocycles. The molecule has 2 aromatic carbocycles. The summed E-state index contributed by atoms with van der Waals surface area (Å²) >= 11 is 3.62. The standard InChI is InChI=1S/C24H21BrN8O/c25-17-10-15(14-2-1-3-18-16(14)12-29-32-18)21(26)20-22(17)30-23(31-24(20)34)13-4-5-19(28-11-13)33-8-6-27-7-9-33/h1-5,10-12,27H,6-9,26H2,(H,29,32)(H,30,31,34). The number of piperazine rings is 1. The summed E-state index contributed by atoms with van der Waals surface area (Å²) in [5.41, 5.74) is 10.4. The molecule has 0 atom stereocenters. The van der Waals surface area contributed by atoms with Crippen LogP contribution in [-0.4, -0.2) is 51.3 Å². The topological polar surface area (TPSA) is 129 Å². The van der Waals surface area contributed by atoms with Crippen LogP contribution < -0.4 is 21.5 Å². The van der Waals surface area contributed by atoms with E-state index in [1.807, 2.05) is 36.4 Å². The number of rotatable bonds is 3. The number of pyridine rings is 1. The molecule has 0 unspecified atom stereocenters. The smallest absolute Gasteiger partial charge is 0.261 e. The van der Waals surface area contributed by atoms with Crippen LogP contribution in [0, 0.1) is 0 Å². The summed E-state index contributed by atoms with van der Waals surface area (Å²) in [6.45, 7) is 3.71. The molecule has 170 valence electrons. The van der Waals surface area contributed by atoms with E-state index in [0.717, 1.165) is 59.6 Å². The molecular weight excluding hydrogens is 496 g/mol.